The molecular formula is C24H29NO4. The van der Waals surface area contributed by atoms with Crippen molar-refractivity contribution in [3.05, 3.63) is 59.7 Å². The Morgan fingerprint density at radius 3 is 2.52 bits per heavy atom. The lowest BCUT2D eigenvalue weighted by atomic mass is 9.73. The van der Waals surface area contributed by atoms with Crippen LogP contribution in [-0.4, -0.2) is 31.8 Å². The summed E-state index contributed by atoms with van der Waals surface area (Å²) in [6, 6.07) is 15.7. The Kier molecular flexibility index (Phi) is 5.26. The van der Waals surface area contributed by atoms with Gasteiger partial charge in [-0.3, -0.25) is 4.79 Å². The molecule has 1 atom stereocenters. The quantitative estimate of drug-likeness (QED) is 0.845. The number of amides is 1. The van der Waals surface area contributed by atoms with E-state index < -0.39 is 5.41 Å². The van der Waals surface area contributed by atoms with Crippen molar-refractivity contribution in [2.24, 2.45) is 0 Å². The monoisotopic (exact) mass is 395 g/mol. The molecule has 1 amide bonds. The molecule has 29 heavy (non-hydrogen) atoms. The average Bonchev–Trinajstić information content (AvgIpc) is 2.74. The lowest BCUT2D eigenvalue weighted by Crippen LogP contribution is -2.51. The molecule has 1 fully saturated rings. The van der Waals surface area contributed by atoms with E-state index in [0.717, 1.165) is 22.6 Å². The third-order valence-electron chi connectivity index (χ3n) is 6.09. The first-order valence-corrected chi connectivity index (χ1v) is 10.2. The van der Waals surface area contributed by atoms with Gasteiger partial charge in [0, 0.05) is 25.2 Å². The van der Waals surface area contributed by atoms with Crippen molar-refractivity contribution < 1.29 is 19.0 Å². The molecule has 5 heteroatoms. The number of hydrogen-bond acceptors (Lipinski definition) is 4. The normalized spacial score (nSPS) is 22.1. The van der Waals surface area contributed by atoms with E-state index in [2.05, 4.69) is 31.3 Å². The number of fused-ring (bicyclic) bond motifs is 1. The number of rotatable bonds is 4. The lowest BCUT2D eigenvalue weighted by Gasteiger charge is -2.41. The fourth-order valence-electron chi connectivity index (χ4n) is 4.51. The summed E-state index contributed by atoms with van der Waals surface area (Å²) in [5.41, 5.74) is 1.08. The standard InChI is InChI=1S/C24H29NO4/c1-23(2)16-20(19-15-18(27-3)9-10-21(19)29-23)25-22(26)24(11-13-28-14-12-24)17-7-5-4-6-8-17/h4-10,15,20H,11-14,16H2,1-3H3,(H,25,26)/t20-/m0/s1. The topological polar surface area (TPSA) is 56.8 Å². The van der Waals surface area contributed by atoms with Crippen LogP contribution < -0.4 is 14.8 Å². The predicted octanol–water partition coefficient (Wildman–Crippen LogP) is 4.16. The number of hydrogen-bond donors (Lipinski definition) is 1. The van der Waals surface area contributed by atoms with Crippen LogP contribution in [0.3, 0.4) is 0 Å². The van der Waals surface area contributed by atoms with Gasteiger partial charge in [-0.25, -0.2) is 0 Å². The van der Waals surface area contributed by atoms with Crippen LogP contribution in [0.2, 0.25) is 0 Å². The Morgan fingerprint density at radius 1 is 1.10 bits per heavy atom. The van der Waals surface area contributed by atoms with Gasteiger partial charge >= 0.3 is 0 Å². The molecule has 154 valence electrons. The van der Waals surface area contributed by atoms with Crippen LogP contribution in [-0.2, 0) is 14.9 Å². The fraction of sp³-hybridized carbons (Fsp3) is 0.458. The summed E-state index contributed by atoms with van der Waals surface area (Å²) in [7, 11) is 1.65. The van der Waals surface area contributed by atoms with Crippen LogP contribution in [0.4, 0.5) is 0 Å². The second kappa shape index (κ2) is 7.71. The van der Waals surface area contributed by atoms with Gasteiger partial charge in [-0.05, 0) is 50.5 Å². The molecule has 0 unspecified atom stereocenters. The highest BCUT2D eigenvalue weighted by atomic mass is 16.5. The minimum Gasteiger partial charge on any atom is -0.497 e. The van der Waals surface area contributed by atoms with Gasteiger partial charge in [0.05, 0.1) is 18.6 Å². The Bertz CT molecular complexity index is 872. The zero-order chi connectivity index (χ0) is 20.5. The van der Waals surface area contributed by atoms with E-state index in [1.165, 1.54) is 0 Å². The molecule has 2 aromatic rings. The molecule has 0 aromatic heterocycles. The maximum Gasteiger partial charge on any atom is 0.231 e. The predicted molar refractivity (Wildman–Crippen MR) is 111 cm³/mol. The Balaban J connectivity index is 1.68. The summed E-state index contributed by atoms with van der Waals surface area (Å²) < 4.78 is 17.2. The minimum absolute atomic E-state index is 0.0588. The number of ether oxygens (including phenoxy) is 3. The number of methoxy groups -OCH3 is 1. The van der Waals surface area contributed by atoms with Gasteiger partial charge < -0.3 is 19.5 Å². The Hall–Kier alpha value is -2.53. The van der Waals surface area contributed by atoms with Crippen LogP contribution in [0.15, 0.2) is 48.5 Å². The fourth-order valence-corrected chi connectivity index (χ4v) is 4.51. The van der Waals surface area contributed by atoms with Crippen LogP contribution in [0.25, 0.3) is 0 Å². The van der Waals surface area contributed by atoms with E-state index in [4.69, 9.17) is 14.2 Å². The van der Waals surface area contributed by atoms with Gasteiger partial charge in [0.15, 0.2) is 0 Å². The first-order chi connectivity index (χ1) is 13.9. The first kappa shape index (κ1) is 19.8. The van der Waals surface area contributed by atoms with Gasteiger partial charge in [0.1, 0.15) is 17.1 Å². The van der Waals surface area contributed by atoms with Crippen LogP contribution in [0, 0.1) is 0 Å². The molecule has 2 heterocycles. The molecule has 2 aliphatic heterocycles. The molecule has 0 saturated carbocycles. The summed E-state index contributed by atoms with van der Waals surface area (Å²) in [6.07, 6.45) is 2.06. The largest absolute Gasteiger partial charge is 0.497 e. The van der Waals surface area contributed by atoms with Crippen molar-refractivity contribution in [2.75, 3.05) is 20.3 Å². The number of carbonyl (C=O) groups excluding carboxylic acids is 1. The van der Waals surface area contributed by atoms with Crippen molar-refractivity contribution in [1.82, 2.24) is 5.32 Å². The number of carbonyl (C=O) groups is 1. The van der Waals surface area contributed by atoms with Crippen molar-refractivity contribution in [1.29, 1.82) is 0 Å². The molecule has 1 saturated heterocycles. The summed E-state index contributed by atoms with van der Waals surface area (Å²) in [5, 5.41) is 3.36. The smallest absolute Gasteiger partial charge is 0.231 e. The van der Waals surface area contributed by atoms with Crippen molar-refractivity contribution >= 4 is 5.91 Å². The lowest BCUT2D eigenvalue weighted by molar-refractivity contribution is -0.131. The molecule has 5 nitrogen and oxygen atoms in total. The second-order valence-corrected chi connectivity index (χ2v) is 8.56. The van der Waals surface area contributed by atoms with Gasteiger partial charge in [-0.2, -0.15) is 0 Å². The molecule has 2 aromatic carbocycles. The summed E-state index contributed by atoms with van der Waals surface area (Å²) >= 11 is 0. The molecule has 2 aliphatic rings. The maximum absolute atomic E-state index is 13.7. The van der Waals surface area contributed by atoms with Crippen LogP contribution in [0.1, 0.15) is 50.3 Å². The SMILES string of the molecule is COc1ccc2c(c1)[C@@H](NC(=O)C1(c3ccccc3)CCOCC1)CC(C)(C)O2. The maximum atomic E-state index is 13.7. The Labute approximate surface area is 172 Å². The molecule has 1 N–H and O–H groups in total. The molecule has 0 spiro atoms. The van der Waals surface area contributed by atoms with E-state index in [1.807, 2.05) is 36.4 Å². The van der Waals surface area contributed by atoms with Crippen molar-refractivity contribution in [3.8, 4) is 11.5 Å². The molecular weight excluding hydrogens is 366 g/mol. The third-order valence-corrected chi connectivity index (χ3v) is 6.09. The van der Waals surface area contributed by atoms with Crippen molar-refractivity contribution in [3.63, 3.8) is 0 Å². The molecule has 4 rings (SSSR count). The van der Waals surface area contributed by atoms with E-state index >= 15 is 0 Å². The summed E-state index contributed by atoms with van der Waals surface area (Å²) in [5.74, 6) is 1.62. The van der Waals surface area contributed by atoms with Crippen LogP contribution in [0.5, 0.6) is 11.5 Å². The number of benzene rings is 2. The second-order valence-electron chi connectivity index (χ2n) is 8.56. The first-order valence-electron chi connectivity index (χ1n) is 10.2. The van der Waals surface area contributed by atoms with E-state index in [0.29, 0.717) is 32.5 Å². The molecule has 0 radical (unpaired) electrons. The zero-order valence-electron chi connectivity index (χ0n) is 17.4. The summed E-state index contributed by atoms with van der Waals surface area (Å²) in [4.78, 5) is 13.7. The highest BCUT2D eigenvalue weighted by Crippen LogP contribution is 2.42. The van der Waals surface area contributed by atoms with Crippen LogP contribution >= 0.6 is 0 Å². The van der Waals surface area contributed by atoms with Gasteiger partial charge in [0.25, 0.3) is 0 Å². The number of nitrogens with one attached hydrogen (secondary N) is 1. The van der Waals surface area contributed by atoms with Gasteiger partial charge in [0.2, 0.25) is 5.91 Å². The van der Waals surface area contributed by atoms with Gasteiger partial charge in [-0.15, -0.1) is 0 Å². The van der Waals surface area contributed by atoms with Gasteiger partial charge in [-0.1, -0.05) is 30.3 Å². The summed E-state index contributed by atoms with van der Waals surface area (Å²) in [6.45, 7) is 5.29. The van der Waals surface area contributed by atoms with E-state index in [-0.39, 0.29) is 17.6 Å². The molecule has 0 bridgehead atoms. The minimum atomic E-state index is -0.568. The average molecular weight is 395 g/mol. The van der Waals surface area contributed by atoms with E-state index in [1.54, 1.807) is 7.11 Å². The van der Waals surface area contributed by atoms with Crippen molar-refractivity contribution in [2.45, 2.75) is 50.2 Å². The highest BCUT2D eigenvalue weighted by Gasteiger charge is 2.44. The molecule has 0 aliphatic carbocycles. The Morgan fingerprint density at radius 2 is 1.83 bits per heavy atom. The van der Waals surface area contributed by atoms with E-state index in [9.17, 15) is 4.79 Å². The highest BCUT2D eigenvalue weighted by molar-refractivity contribution is 5.89. The zero-order valence-corrected chi connectivity index (χ0v) is 17.4. The third kappa shape index (κ3) is 3.84.